The number of hydrogen-bond acceptors (Lipinski definition) is 12. The highest BCUT2D eigenvalue weighted by molar-refractivity contribution is 7.60. The van der Waals surface area contributed by atoms with Gasteiger partial charge in [-0.25, -0.2) is 19.1 Å². The van der Waals surface area contributed by atoms with Gasteiger partial charge in [-0.2, -0.15) is 4.31 Å². The number of nitrogens with zero attached hydrogens (tertiary/aromatic N) is 3. The number of nitrogen functional groups attached to an aromatic ring is 1. The Morgan fingerprint density at radius 2 is 2.00 bits per heavy atom. The number of fused-ring (bicyclic) bond motifs is 1. The van der Waals surface area contributed by atoms with Gasteiger partial charge in [-0.1, -0.05) is 0 Å². The van der Waals surface area contributed by atoms with E-state index >= 15 is 0 Å². The van der Waals surface area contributed by atoms with Crippen LogP contribution >= 0.6 is 15.6 Å². The van der Waals surface area contributed by atoms with Crippen LogP contribution in [0.3, 0.4) is 0 Å². The molecule has 1 saturated heterocycles. The Morgan fingerprint density at radius 1 is 1.30 bits per heavy atom. The normalized spacial score (nSPS) is 30.0. The maximum atomic E-state index is 11.5. The van der Waals surface area contributed by atoms with E-state index in [2.05, 4.69) is 24.1 Å². The number of rotatable bonds is 6. The zero-order valence-electron chi connectivity index (χ0n) is 13.4. The number of anilines is 3. The number of ether oxygens (including phenoxy) is 1. The van der Waals surface area contributed by atoms with Crippen LogP contribution < -0.4 is 16.0 Å². The number of nitrogens with two attached hydrogens (primary N) is 1. The van der Waals surface area contributed by atoms with E-state index in [9.17, 15) is 24.2 Å². The number of phosphoric ester groups is 1. The summed E-state index contributed by atoms with van der Waals surface area (Å²) in [6.45, 7) is -0.664. The minimum Gasteiger partial charge on any atom is -0.387 e. The highest BCUT2D eigenvalue weighted by Crippen LogP contribution is 2.57. The molecule has 27 heavy (non-hydrogen) atoms. The molecule has 3 rings (SSSR count). The standard InChI is InChI=1S/C10H17N5O10P2/c11-8-5-9(13-2-12-8)15(3-14-5)10-7(17)6(16)4(24-10)1-23-27(21,22)25-26(18,19)20/h2,4,6-7,10,14,16-17H,1,3H2,(H,21,22)(H2,11,12,13)(H2,18,19,20)/t4-,6-,7-,10-/m1/s1. The summed E-state index contributed by atoms with van der Waals surface area (Å²) >= 11 is 0. The maximum Gasteiger partial charge on any atom is 0.481 e. The third-order valence-electron chi connectivity index (χ3n) is 3.81. The summed E-state index contributed by atoms with van der Waals surface area (Å²) in [4.78, 5) is 35.7. The van der Waals surface area contributed by atoms with Crippen LogP contribution in [0.1, 0.15) is 0 Å². The fourth-order valence-electron chi connectivity index (χ4n) is 2.68. The zero-order chi connectivity index (χ0) is 20.0. The molecule has 152 valence electrons. The van der Waals surface area contributed by atoms with Crippen molar-refractivity contribution in [1.82, 2.24) is 9.97 Å². The number of aliphatic hydroxyl groups excluding tert-OH is 2. The molecule has 8 N–H and O–H groups in total. The summed E-state index contributed by atoms with van der Waals surface area (Å²) in [5.74, 6) is 0.490. The molecule has 5 atom stereocenters. The predicted octanol–water partition coefficient (Wildman–Crippen LogP) is -2.08. The summed E-state index contributed by atoms with van der Waals surface area (Å²) in [5, 5.41) is 23.2. The number of nitrogens with one attached hydrogen (secondary N) is 1. The lowest BCUT2D eigenvalue weighted by atomic mass is 10.1. The van der Waals surface area contributed by atoms with E-state index in [1.165, 1.54) is 11.2 Å². The molecule has 0 aromatic carbocycles. The van der Waals surface area contributed by atoms with Crippen molar-refractivity contribution in [1.29, 1.82) is 0 Å². The first-order valence-corrected chi connectivity index (χ1v) is 10.4. The van der Waals surface area contributed by atoms with Gasteiger partial charge in [0.15, 0.2) is 17.9 Å². The Hall–Kier alpha value is -1.38. The zero-order valence-corrected chi connectivity index (χ0v) is 15.2. The van der Waals surface area contributed by atoms with E-state index in [0.717, 1.165) is 0 Å². The minimum absolute atomic E-state index is 0.125. The first-order valence-electron chi connectivity index (χ1n) is 7.35. The Labute approximate surface area is 151 Å². The van der Waals surface area contributed by atoms with Crippen LogP contribution in [0.25, 0.3) is 0 Å². The van der Waals surface area contributed by atoms with Gasteiger partial charge in [0.25, 0.3) is 0 Å². The second-order valence-electron chi connectivity index (χ2n) is 5.65. The molecule has 1 fully saturated rings. The lowest BCUT2D eigenvalue weighted by Gasteiger charge is -2.26. The Bertz CT molecular complexity index is 807. The van der Waals surface area contributed by atoms with Crippen LogP contribution in [0.2, 0.25) is 0 Å². The second kappa shape index (κ2) is 7.22. The first-order chi connectivity index (χ1) is 12.5. The number of aliphatic hydroxyl groups is 2. The summed E-state index contributed by atoms with van der Waals surface area (Å²) in [6, 6.07) is 0. The van der Waals surface area contributed by atoms with Crippen molar-refractivity contribution in [3.05, 3.63) is 6.33 Å². The van der Waals surface area contributed by atoms with Crippen molar-refractivity contribution < 1.29 is 47.6 Å². The van der Waals surface area contributed by atoms with Gasteiger partial charge in [0.05, 0.1) is 13.3 Å². The molecule has 17 heteroatoms. The van der Waals surface area contributed by atoms with Crippen molar-refractivity contribution in [3.63, 3.8) is 0 Å². The second-order valence-corrected chi connectivity index (χ2v) is 8.47. The van der Waals surface area contributed by atoms with E-state index in [1.54, 1.807) is 0 Å². The van der Waals surface area contributed by atoms with Gasteiger partial charge in [-0.3, -0.25) is 4.52 Å². The highest BCUT2D eigenvalue weighted by Gasteiger charge is 2.48. The van der Waals surface area contributed by atoms with E-state index in [-0.39, 0.29) is 12.5 Å². The molecular formula is C10H17N5O10P2. The van der Waals surface area contributed by atoms with Gasteiger partial charge in [0.2, 0.25) is 0 Å². The van der Waals surface area contributed by atoms with Crippen LogP contribution in [0.5, 0.6) is 0 Å². The van der Waals surface area contributed by atoms with Gasteiger partial charge in [0.1, 0.15) is 30.3 Å². The van der Waals surface area contributed by atoms with E-state index in [0.29, 0.717) is 11.5 Å². The Kier molecular flexibility index (Phi) is 5.44. The average molecular weight is 429 g/mol. The van der Waals surface area contributed by atoms with Crippen LogP contribution in [-0.2, 0) is 22.7 Å². The van der Waals surface area contributed by atoms with Gasteiger partial charge >= 0.3 is 15.6 Å². The maximum absolute atomic E-state index is 11.5. The average Bonchev–Trinajstić information content (AvgIpc) is 3.07. The van der Waals surface area contributed by atoms with Crippen molar-refractivity contribution in [2.45, 2.75) is 24.5 Å². The number of phosphoric acid groups is 2. The molecule has 3 heterocycles. The SMILES string of the molecule is Nc1ncnc2c1NCN2[C@@H]1O[C@H](COP(=O)(O)OP(=O)(O)O)[C@@H](O)[C@H]1O. The van der Waals surface area contributed by atoms with Gasteiger partial charge < -0.3 is 45.6 Å². The molecule has 1 aromatic rings. The molecule has 15 nitrogen and oxygen atoms in total. The third-order valence-corrected chi connectivity index (χ3v) is 5.96. The molecule has 0 spiro atoms. The lowest BCUT2D eigenvalue weighted by molar-refractivity contribution is -0.0215. The monoisotopic (exact) mass is 429 g/mol. The summed E-state index contributed by atoms with van der Waals surface area (Å²) in [7, 11) is -10.4. The molecule has 0 aliphatic carbocycles. The highest BCUT2D eigenvalue weighted by atomic mass is 31.3. The minimum atomic E-state index is -5.28. The lowest BCUT2D eigenvalue weighted by Crippen LogP contribution is -2.44. The van der Waals surface area contributed by atoms with Gasteiger partial charge in [-0.15, -0.1) is 0 Å². The van der Waals surface area contributed by atoms with Crippen molar-refractivity contribution >= 4 is 33.0 Å². The molecule has 0 saturated carbocycles. The molecule has 2 aliphatic rings. The fraction of sp³-hybridized carbons (Fsp3) is 0.600. The molecule has 0 bridgehead atoms. The molecule has 1 unspecified atom stereocenters. The van der Waals surface area contributed by atoms with Gasteiger partial charge in [-0.05, 0) is 0 Å². The van der Waals surface area contributed by atoms with Crippen LogP contribution in [0.4, 0.5) is 17.3 Å². The molecule has 2 aliphatic heterocycles. The van der Waals surface area contributed by atoms with Crippen molar-refractivity contribution in [2.24, 2.45) is 0 Å². The largest absolute Gasteiger partial charge is 0.481 e. The number of hydrogen-bond donors (Lipinski definition) is 7. The summed E-state index contributed by atoms with van der Waals surface area (Å²) < 4.78 is 35.7. The summed E-state index contributed by atoms with van der Waals surface area (Å²) in [5.41, 5.74) is 6.13. The quantitative estimate of drug-likeness (QED) is 0.241. The van der Waals surface area contributed by atoms with E-state index in [4.69, 9.17) is 20.3 Å². The Balaban J connectivity index is 1.68. The van der Waals surface area contributed by atoms with Crippen molar-refractivity contribution in [3.8, 4) is 0 Å². The third kappa shape index (κ3) is 4.38. The molecule has 0 amide bonds. The smallest absolute Gasteiger partial charge is 0.387 e. The molecular weight excluding hydrogens is 412 g/mol. The van der Waals surface area contributed by atoms with Crippen molar-refractivity contribution in [2.75, 3.05) is 29.2 Å². The van der Waals surface area contributed by atoms with Gasteiger partial charge in [0, 0.05) is 0 Å². The van der Waals surface area contributed by atoms with Crippen LogP contribution in [0.15, 0.2) is 6.33 Å². The van der Waals surface area contributed by atoms with E-state index in [1.807, 2.05) is 0 Å². The Morgan fingerprint density at radius 3 is 2.67 bits per heavy atom. The topological polar surface area (TPSA) is 230 Å². The van der Waals surface area contributed by atoms with Crippen LogP contribution in [0, 0.1) is 0 Å². The predicted molar refractivity (Wildman–Crippen MR) is 87.0 cm³/mol. The van der Waals surface area contributed by atoms with Crippen LogP contribution in [-0.4, -0.2) is 72.7 Å². The summed E-state index contributed by atoms with van der Waals surface area (Å²) in [6.07, 6.45) is -4.20. The first kappa shape index (κ1) is 20.4. The number of aromatic nitrogens is 2. The molecule has 0 radical (unpaired) electrons. The fourth-order valence-corrected chi connectivity index (χ4v) is 4.28. The molecule has 1 aromatic heterocycles. The van der Waals surface area contributed by atoms with E-state index < -0.39 is 46.8 Å².